The van der Waals surface area contributed by atoms with Gasteiger partial charge >= 0.3 is 5.97 Å². The molecule has 0 radical (unpaired) electrons. The number of ether oxygens (including phenoxy) is 1. The normalized spacial score (nSPS) is 15.1. The summed E-state index contributed by atoms with van der Waals surface area (Å²) in [6.45, 7) is 3.41. The van der Waals surface area contributed by atoms with Crippen molar-refractivity contribution in [3.05, 3.63) is 29.3 Å². The van der Waals surface area contributed by atoms with Crippen molar-refractivity contribution in [1.29, 1.82) is 0 Å². The molecule has 1 heterocycles. The molecule has 2 N–H and O–H groups in total. The van der Waals surface area contributed by atoms with Gasteiger partial charge in [0, 0.05) is 6.42 Å². The second-order valence-electron chi connectivity index (χ2n) is 4.19. The molecule has 1 aliphatic rings. The minimum absolute atomic E-state index is 0.624. The van der Waals surface area contributed by atoms with Crippen LogP contribution in [0.1, 0.15) is 30.5 Å². The molecule has 1 unspecified atom stereocenters. The molecule has 4 nitrogen and oxygen atoms in total. The van der Waals surface area contributed by atoms with Crippen molar-refractivity contribution < 1.29 is 14.6 Å². The van der Waals surface area contributed by atoms with Gasteiger partial charge in [-0.1, -0.05) is 13.0 Å². The van der Waals surface area contributed by atoms with Crippen LogP contribution in [0.2, 0.25) is 0 Å². The summed E-state index contributed by atoms with van der Waals surface area (Å²) in [4.78, 5) is 11.2. The maximum Gasteiger partial charge on any atom is 0.325 e. The van der Waals surface area contributed by atoms with Gasteiger partial charge in [-0.3, -0.25) is 4.79 Å². The molecule has 17 heavy (non-hydrogen) atoms. The Morgan fingerprint density at radius 3 is 3.12 bits per heavy atom. The quantitative estimate of drug-likeness (QED) is 0.816. The molecule has 0 saturated heterocycles. The second-order valence-corrected chi connectivity index (χ2v) is 4.19. The van der Waals surface area contributed by atoms with Crippen molar-refractivity contribution in [1.82, 2.24) is 5.32 Å². The fourth-order valence-corrected chi connectivity index (χ4v) is 2.02. The van der Waals surface area contributed by atoms with Crippen molar-refractivity contribution in [3.8, 4) is 5.75 Å². The molecule has 1 atom stereocenters. The minimum Gasteiger partial charge on any atom is -0.493 e. The molecule has 0 spiro atoms. The van der Waals surface area contributed by atoms with Crippen molar-refractivity contribution in [2.75, 3.05) is 13.2 Å². The number of nitrogens with one attached hydrogen (secondary N) is 1. The summed E-state index contributed by atoms with van der Waals surface area (Å²) in [5, 5.41) is 12.2. The zero-order valence-corrected chi connectivity index (χ0v) is 9.90. The van der Waals surface area contributed by atoms with Crippen LogP contribution in [0.4, 0.5) is 0 Å². The van der Waals surface area contributed by atoms with E-state index in [9.17, 15) is 9.90 Å². The Hall–Kier alpha value is -1.55. The van der Waals surface area contributed by atoms with E-state index < -0.39 is 12.0 Å². The van der Waals surface area contributed by atoms with E-state index in [1.165, 1.54) is 0 Å². The van der Waals surface area contributed by atoms with Crippen LogP contribution >= 0.6 is 0 Å². The Morgan fingerprint density at radius 2 is 2.41 bits per heavy atom. The van der Waals surface area contributed by atoms with Crippen LogP contribution in [0.5, 0.6) is 5.75 Å². The maximum absolute atomic E-state index is 11.2. The molecule has 0 fully saturated rings. The number of rotatable bonds is 5. The lowest BCUT2D eigenvalue weighted by atomic mass is 10.0. The summed E-state index contributed by atoms with van der Waals surface area (Å²) < 4.78 is 5.41. The summed E-state index contributed by atoms with van der Waals surface area (Å²) >= 11 is 0. The molecule has 1 aromatic carbocycles. The van der Waals surface area contributed by atoms with Crippen molar-refractivity contribution in [2.45, 2.75) is 25.8 Å². The fraction of sp³-hybridized carbons (Fsp3) is 0.462. The number of carboxylic acid groups (broad SMARTS) is 1. The van der Waals surface area contributed by atoms with Crippen molar-refractivity contribution >= 4 is 5.97 Å². The van der Waals surface area contributed by atoms with Gasteiger partial charge < -0.3 is 15.2 Å². The fourth-order valence-electron chi connectivity index (χ4n) is 2.02. The highest BCUT2D eigenvalue weighted by atomic mass is 16.5. The number of aliphatic carboxylic acids is 1. The number of hydrogen-bond acceptors (Lipinski definition) is 3. The van der Waals surface area contributed by atoms with E-state index in [0.717, 1.165) is 29.7 Å². The largest absolute Gasteiger partial charge is 0.493 e. The molecular weight excluding hydrogens is 218 g/mol. The average Bonchev–Trinajstić information content (AvgIpc) is 2.76. The first-order valence-corrected chi connectivity index (χ1v) is 5.94. The molecule has 1 aliphatic heterocycles. The van der Waals surface area contributed by atoms with Gasteiger partial charge in [-0.05, 0) is 36.2 Å². The highest BCUT2D eigenvalue weighted by Crippen LogP contribution is 2.28. The molecule has 0 aliphatic carbocycles. The van der Waals surface area contributed by atoms with Crippen LogP contribution in [0.15, 0.2) is 18.2 Å². The Balaban J connectivity index is 2.20. The van der Waals surface area contributed by atoms with E-state index >= 15 is 0 Å². The third-order valence-electron chi connectivity index (χ3n) is 2.89. The van der Waals surface area contributed by atoms with Crippen molar-refractivity contribution in [3.63, 3.8) is 0 Å². The number of benzene rings is 1. The lowest BCUT2D eigenvalue weighted by Gasteiger charge is -2.15. The highest BCUT2D eigenvalue weighted by Gasteiger charge is 2.21. The van der Waals surface area contributed by atoms with Crippen LogP contribution in [-0.2, 0) is 11.2 Å². The molecular formula is C13H17NO3. The Bertz CT molecular complexity index is 417. The van der Waals surface area contributed by atoms with E-state index in [1.54, 1.807) is 0 Å². The van der Waals surface area contributed by atoms with Gasteiger partial charge in [0.25, 0.3) is 0 Å². The number of carbonyl (C=O) groups is 1. The zero-order chi connectivity index (χ0) is 12.3. The summed E-state index contributed by atoms with van der Waals surface area (Å²) in [7, 11) is 0. The Labute approximate surface area is 101 Å². The number of fused-ring (bicyclic) bond motifs is 1. The number of carboxylic acids is 1. The van der Waals surface area contributed by atoms with Gasteiger partial charge in [-0.25, -0.2) is 0 Å². The average molecular weight is 235 g/mol. The first-order chi connectivity index (χ1) is 8.22. The minimum atomic E-state index is -0.836. The number of hydrogen-bond donors (Lipinski definition) is 2. The van der Waals surface area contributed by atoms with Crippen LogP contribution in [-0.4, -0.2) is 24.2 Å². The molecule has 0 amide bonds. The van der Waals surface area contributed by atoms with E-state index in [2.05, 4.69) is 5.32 Å². The Kier molecular flexibility index (Phi) is 3.64. The monoisotopic (exact) mass is 235 g/mol. The summed E-state index contributed by atoms with van der Waals surface area (Å²) in [5.74, 6) is 0.0469. The van der Waals surface area contributed by atoms with Gasteiger partial charge in [-0.15, -0.1) is 0 Å². The third kappa shape index (κ3) is 2.58. The topological polar surface area (TPSA) is 58.6 Å². The van der Waals surface area contributed by atoms with E-state index in [-0.39, 0.29) is 0 Å². The van der Waals surface area contributed by atoms with Crippen molar-refractivity contribution in [2.24, 2.45) is 0 Å². The molecule has 1 aromatic rings. The van der Waals surface area contributed by atoms with E-state index in [4.69, 9.17) is 4.74 Å². The zero-order valence-electron chi connectivity index (χ0n) is 9.90. The predicted molar refractivity (Wildman–Crippen MR) is 64.3 cm³/mol. The standard InChI is InChI=1S/C13H17NO3/c1-2-6-14-12(13(15)16)10-3-4-11-9(8-10)5-7-17-11/h3-4,8,12,14H,2,5-7H2,1H3,(H,15,16). The first-order valence-electron chi connectivity index (χ1n) is 5.94. The summed E-state index contributed by atoms with van der Waals surface area (Å²) in [6, 6.07) is 5.00. The van der Waals surface area contributed by atoms with Crippen LogP contribution in [0.25, 0.3) is 0 Å². The predicted octanol–water partition coefficient (Wildman–Crippen LogP) is 1.75. The summed E-state index contributed by atoms with van der Waals surface area (Å²) in [6.07, 6.45) is 1.78. The SMILES string of the molecule is CCCNC(C(=O)O)c1ccc2c(c1)CCO2. The van der Waals surface area contributed by atoms with Gasteiger partial charge in [0.2, 0.25) is 0 Å². The Morgan fingerprint density at radius 1 is 1.59 bits per heavy atom. The lowest BCUT2D eigenvalue weighted by molar-refractivity contribution is -0.139. The highest BCUT2D eigenvalue weighted by molar-refractivity contribution is 5.75. The smallest absolute Gasteiger partial charge is 0.325 e. The molecule has 0 bridgehead atoms. The van der Waals surface area contributed by atoms with E-state index in [1.807, 2.05) is 25.1 Å². The molecule has 0 saturated carbocycles. The summed E-state index contributed by atoms with van der Waals surface area (Å²) in [5.41, 5.74) is 1.90. The first kappa shape index (κ1) is 11.9. The van der Waals surface area contributed by atoms with Gasteiger partial charge in [-0.2, -0.15) is 0 Å². The molecule has 92 valence electrons. The van der Waals surface area contributed by atoms with Gasteiger partial charge in [0.15, 0.2) is 0 Å². The second kappa shape index (κ2) is 5.19. The van der Waals surface area contributed by atoms with E-state index in [0.29, 0.717) is 13.2 Å². The molecule has 0 aromatic heterocycles. The molecule has 2 rings (SSSR count). The van der Waals surface area contributed by atoms with Crippen LogP contribution in [0.3, 0.4) is 0 Å². The van der Waals surface area contributed by atoms with Gasteiger partial charge in [0.05, 0.1) is 6.61 Å². The third-order valence-corrected chi connectivity index (χ3v) is 2.89. The molecule has 4 heteroatoms. The van der Waals surface area contributed by atoms with Gasteiger partial charge in [0.1, 0.15) is 11.8 Å². The van der Waals surface area contributed by atoms with Crippen LogP contribution in [0, 0.1) is 0 Å². The lowest BCUT2D eigenvalue weighted by Crippen LogP contribution is -2.29. The van der Waals surface area contributed by atoms with Crippen LogP contribution < -0.4 is 10.1 Å². The maximum atomic E-state index is 11.2.